The lowest BCUT2D eigenvalue weighted by molar-refractivity contribution is -0.123. The molecule has 1 saturated heterocycles. The molecule has 2 atom stereocenters. The molecule has 0 saturated carbocycles. The maximum Gasteiger partial charge on any atom is 0.221 e. The van der Waals surface area contributed by atoms with Gasteiger partial charge in [-0.3, -0.25) is 4.79 Å². The molecule has 1 heterocycles. The number of carbonyl (C=O) groups excluding carboxylic acids is 1. The third-order valence-electron chi connectivity index (χ3n) is 3.91. The Bertz CT molecular complexity index is 613. The number of primary amides is 1. The highest BCUT2D eigenvalue weighted by Gasteiger charge is 2.35. The number of sulfonamides is 1. The zero-order valence-electron chi connectivity index (χ0n) is 12.0. The Morgan fingerprint density at radius 3 is 2.48 bits per heavy atom. The van der Waals surface area contributed by atoms with Gasteiger partial charge in [0.05, 0.1) is 11.7 Å². The number of carbonyl (C=O) groups is 1. The summed E-state index contributed by atoms with van der Waals surface area (Å²) in [6, 6.07) is 6.65. The quantitative estimate of drug-likeness (QED) is 0.797. The normalized spacial score (nSPS) is 23.9. The second-order valence-corrected chi connectivity index (χ2v) is 7.51. The van der Waals surface area contributed by atoms with Gasteiger partial charge in [-0.25, -0.2) is 8.42 Å². The lowest BCUT2D eigenvalue weighted by Crippen LogP contribution is -2.48. The van der Waals surface area contributed by atoms with Crippen LogP contribution in [0, 0.1) is 5.92 Å². The van der Waals surface area contributed by atoms with Crippen LogP contribution < -0.4 is 11.5 Å². The standard InChI is InChI=1S/C14H21N3O3S/c1-10-2-5-12(14(16)18)8-17(10)21(19,20)9-11-3-6-13(15)7-4-11/h3-4,6-7,10,12H,2,5,8-9,15H2,1H3,(H2,16,18). The van der Waals surface area contributed by atoms with E-state index in [9.17, 15) is 13.2 Å². The highest BCUT2D eigenvalue weighted by atomic mass is 32.2. The first-order valence-corrected chi connectivity index (χ1v) is 8.54. The number of rotatable bonds is 4. The van der Waals surface area contributed by atoms with E-state index in [0.29, 0.717) is 24.1 Å². The van der Waals surface area contributed by atoms with Crippen molar-refractivity contribution in [1.82, 2.24) is 4.31 Å². The Labute approximate surface area is 125 Å². The molecule has 1 fully saturated rings. The van der Waals surface area contributed by atoms with Gasteiger partial charge in [-0.2, -0.15) is 4.31 Å². The predicted molar refractivity (Wildman–Crippen MR) is 81.6 cm³/mol. The van der Waals surface area contributed by atoms with E-state index in [2.05, 4.69) is 0 Å². The van der Waals surface area contributed by atoms with Crippen LogP contribution in [-0.4, -0.2) is 31.2 Å². The number of hydrogen-bond acceptors (Lipinski definition) is 4. The second-order valence-electron chi connectivity index (χ2n) is 5.59. The Morgan fingerprint density at radius 2 is 1.90 bits per heavy atom. The van der Waals surface area contributed by atoms with Gasteiger partial charge in [0.1, 0.15) is 0 Å². The van der Waals surface area contributed by atoms with Gasteiger partial charge in [-0.15, -0.1) is 0 Å². The van der Waals surface area contributed by atoms with Gasteiger partial charge < -0.3 is 11.5 Å². The van der Waals surface area contributed by atoms with E-state index in [0.717, 1.165) is 0 Å². The van der Waals surface area contributed by atoms with Crippen LogP contribution in [0.15, 0.2) is 24.3 Å². The van der Waals surface area contributed by atoms with E-state index in [1.165, 1.54) is 4.31 Å². The Balaban J connectivity index is 2.17. The second kappa shape index (κ2) is 6.03. The minimum Gasteiger partial charge on any atom is -0.399 e. The van der Waals surface area contributed by atoms with Crippen molar-refractivity contribution >= 4 is 21.6 Å². The molecule has 6 nitrogen and oxygen atoms in total. The van der Waals surface area contributed by atoms with Gasteiger partial charge in [0.2, 0.25) is 15.9 Å². The number of amides is 1. The molecule has 2 unspecified atom stereocenters. The van der Waals surface area contributed by atoms with E-state index >= 15 is 0 Å². The maximum absolute atomic E-state index is 12.6. The number of piperidine rings is 1. The van der Waals surface area contributed by atoms with Crippen LogP contribution in [0.2, 0.25) is 0 Å². The molecule has 1 aromatic carbocycles. The van der Waals surface area contributed by atoms with E-state index < -0.39 is 21.8 Å². The molecule has 0 bridgehead atoms. The van der Waals surface area contributed by atoms with E-state index in [-0.39, 0.29) is 18.3 Å². The van der Waals surface area contributed by atoms with E-state index in [4.69, 9.17) is 11.5 Å². The van der Waals surface area contributed by atoms with Crippen molar-refractivity contribution in [2.75, 3.05) is 12.3 Å². The van der Waals surface area contributed by atoms with Crippen molar-refractivity contribution < 1.29 is 13.2 Å². The zero-order chi connectivity index (χ0) is 15.6. The van der Waals surface area contributed by atoms with Gasteiger partial charge in [0.25, 0.3) is 0 Å². The number of nitrogens with two attached hydrogens (primary N) is 2. The molecule has 0 radical (unpaired) electrons. The van der Waals surface area contributed by atoms with Gasteiger partial charge >= 0.3 is 0 Å². The summed E-state index contributed by atoms with van der Waals surface area (Å²) in [5, 5.41) is 0. The summed E-state index contributed by atoms with van der Waals surface area (Å²) < 4.78 is 26.5. The SMILES string of the molecule is CC1CCC(C(N)=O)CN1S(=O)(=O)Cc1ccc(N)cc1. The van der Waals surface area contributed by atoms with Crippen LogP contribution in [0.4, 0.5) is 5.69 Å². The molecule has 116 valence electrons. The van der Waals surface area contributed by atoms with Crippen LogP contribution in [0.25, 0.3) is 0 Å². The molecule has 7 heteroatoms. The molecule has 2 rings (SSSR count). The van der Waals surface area contributed by atoms with Gasteiger partial charge in [-0.1, -0.05) is 12.1 Å². The molecule has 0 aliphatic carbocycles. The fraction of sp³-hybridized carbons (Fsp3) is 0.500. The summed E-state index contributed by atoms with van der Waals surface area (Å²) in [6.07, 6.45) is 1.29. The topological polar surface area (TPSA) is 106 Å². The first kappa shape index (κ1) is 15.8. The van der Waals surface area contributed by atoms with Crippen molar-refractivity contribution in [3.8, 4) is 0 Å². The number of nitrogens with zero attached hydrogens (tertiary/aromatic N) is 1. The molecule has 1 aliphatic rings. The molecule has 4 N–H and O–H groups in total. The highest BCUT2D eigenvalue weighted by molar-refractivity contribution is 7.88. The molecular weight excluding hydrogens is 290 g/mol. The summed E-state index contributed by atoms with van der Waals surface area (Å²) in [5.41, 5.74) is 12.2. The third-order valence-corrected chi connectivity index (χ3v) is 5.83. The number of nitrogen functional groups attached to an aromatic ring is 1. The van der Waals surface area contributed by atoms with Crippen molar-refractivity contribution in [3.05, 3.63) is 29.8 Å². The molecular formula is C14H21N3O3S. The molecule has 1 aliphatic heterocycles. The first-order chi connectivity index (χ1) is 9.79. The van der Waals surface area contributed by atoms with Crippen molar-refractivity contribution in [1.29, 1.82) is 0 Å². The summed E-state index contributed by atoms with van der Waals surface area (Å²) in [7, 11) is -3.48. The number of anilines is 1. The molecule has 1 aromatic rings. The number of benzene rings is 1. The van der Waals surface area contributed by atoms with Crippen LogP contribution in [0.5, 0.6) is 0 Å². The average molecular weight is 311 g/mol. The highest BCUT2D eigenvalue weighted by Crippen LogP contribution is 2.26. The number of hydrogen-bond donors (Lipinski definition) is 2. The summed E-state index contributed by atoms with van der Waals surface area (Å²) in [4.78, 5) is 11.3. The summed E-state index contributed by atoms with van der Waals surface area (Å²) in [5.74, 6) is -0.930. The lowest BCUT2D eigenvalue weighted by atomic mass is 9.95. The fourth-order valence-corrected chi connectivity index (χ4v) is 4.44. The van der Waals surface area contributed by atoms with Crippen LogP contribution in [-0.2, 0) is 20.6 Å². The Hall–Kier alpha value is -1.60. The summed E-state index contributed by atoms with van der Waals surface area (Å²) in [6.45, 7) is 2.03. The van der Waals surface area contributed by atoms with Crippen LogP contribution in [0.3, 0.4) is 0 Å². The molecule has 0 aromatic heterocycles. The Morgan fingerprint density at radius 1 is 1.29 bits per heavy atom. The molecule has 0 spiro atoms. The third kappa shape index (κ3) is 3.74. The zero-order valence-corrected chi connectivity index (χ0v) is 12.8. The van der Waals surface area contributed by atoms with Crippen LogP contribution in [0.1, 0.15) is 25.3 Å². The van der Waals surface area contributed by atoms with Gasteiger partial charge in [0, 0.05) is 18.3 Å². The summed E-state index contributed by atoms with van der Waals surface area (Å²) >= 11 is 0. The molecule has 21 heavy (non-hydrogen) atoms. The predicted octanol–water partition coefficient (Wildman–Crippen LogP) is 0.684. The monoisotopic (exact) mass is 311 g/mol. The average Bonchev–Trinajstić information content (AvgIpc) is 2.41. The van der Waals surface area contributed by atoms with Gasteiger partial charge in [0.15, 0.2) is 0 Å². The van der Waals surface area contributed by atoms with Crippen molar-refractivity contribution in [3.63, 3.8) is 0 Å². The maximum atomic E-state index is 12.6. The minimum atomic E-state index is -3.48. The minimum absolute atomic E-state index is 0.0941. The Kier molecular flexibility index (Phi) is 4.53. The van der Waals surface area contributed by atoms with Gasteiger partial charge in [-0.05, 0) is 37.5 Å². The smallest absolute Gasteiger partial charge is 0.221 e. The largest absolute Gasteiger partial charge is 0.399 e. The van der Waals surface area contributed by atoms with Crippen molar-refractivity contribution in [2.24, 2.45) is 11.7 Å². The first-order valence-electron chi connectivity index (χ1n) is 6.93. The van der Waals surface area contributed by atoms with Crippen molar-refractivity contribution in [2.45, 2.75) is 31.6 Å². The van der Waals surface area contributed by atoms with E-state index in [1.807, 2.05) is 6.92 Å². The van der Waals surface area contributed by atoms with Crippen LogP contribution >= 0.6 is 0 Å². The van der Waals surface area contributed by atoms with E-state index in [1.54, 1.807) is 24.3 Å². The lowest BCUT2D eigenvalue weighted by Gasteiger charge is -2.35. The molecule has 1 amide bonds. The fourth-order valence-electron chi connectivity index (χ4n) is 2.60.